The molecule has 0 amide bonds. The molecule has 17 heavy (non-hydrogen) atoms. The normalized spacial score (nSPS) is 10.7. The van der Waals surface area contributed by atoms with Crippen LogP contribution in [0.3, 0.4) is 0 Å². The zero-order valence-corrected chi connectivity index (χ0v) is 12.1. The van der Waals surface area contributed by atoms with E-state index in [0.717, 1.165) is 23.9 Å². The number of thiazole rings is 1. The highest BCUT2D eigenvalue weighted by Crippen LogP contribution is 2.26. The van der Waals surface area contributed by atoms with E-state index in [4.69, 9.17) is 5.73 Å². The molecule has 2 nitrogen and oxygen atoms in total. The second kappa shape index (κ2) is 5.65. The van der Waals surface area contributed by atoms with Crippen LogP contribution in [-0.2, 0) is 19.3 Å². The van der Waals surface area contributed by atoms with Gasteiger partial charge in [0.2, 0.25) is 0 Å². The molecule has 0 aliphatic rings. The van der Waals surface area contributed by atoms with Gasteiger partial charge in [-0.25, -0.2) is 4.98 Å². The molecule has 2 aromatic rings. The Hall–Kier alpha value is -0.870. The number of hydrogen-bond donors (Lipinski definition) is 1. The molecule has 2 N–H and O–H groups in total. The lowest BCUT2D eigenvalue weighted by molar-refractivity contribution is 0.966. The maximum absolute atomic E-state index is 5.66. The van der Waals surface area contributed by atoms with Crippen LogP contribution in [0.15, 0.2) is 28.9 Å². The van der Waals surface area contributed by atoms with Gasteiger partial charge < -0.3 is 5.73 Å². The monoisotopic (exact) mass is 310 g/mol. The lowest BCUT2D eigenvalue weighted by Gasteiger charge is -2.02. The summed E-state index contributed by atoms with van der Waals surface area (Å²) in [5.41, 5.74) is 8.41. The first kappa shape index (κ1) is 12.6. The number of aryl methyl sites for hydroxylation is 3. The Kier molecular flexibility index (Phi) is 4.18. The van der Waals surface area contributed by atoms with E-state index in [2.05, 4.69) is 52.1 Å². The average molecular weight is 311 g/mol. The van der Waals surface area contributed by atoms with Crippen LogP contribution in [0.25, 0.3) is 0 Å². The van der Waals surface area contributed by atoms with E-state index >= 15 is 0 Å². The summed E-state index contributed by atoms with van der Waals surface area (Å²) in [7, 11) is 0. The molecular weight excluding hydrogens is 296 g/mol. The Morgan fingerprint density at radius 3 is 2.35 bits per heavy atom. The number of hydrogen-bond acceptors (Lipinski definition) is 3. The molecule has 90 valence electrons. The Morgan fingerprint density at radius 2 is 1.82 bits per heavy atom. The second-order valence-corrected chi connectivity index (χ2v) is 5.80. The van der Waals surface area contributed by atoms with Gasteiger partial charge in [0.25, 0.3) is 0 Å². The fraction of sp³-hybridized carbons (Fsp3) is 0.308. The van der Waals surface area contributed by atoms with Crippen LogP contribution < -0.4 is 5.73 Å². The van der Waals surface area contributed by atoms with Crippen LogP contribution in [0.1, 0.15) is 22.9 Å². The summed E-state index contributed by atoms with van der Waals surface area (Å²) in [6.07, 6.45) is 3.11. The first-order valence-corrected chi connectivity index (χ1v) is 7.28. The number of nitrogens with two attached hydrogens (primary N) is 1. The van der Waals surface area contributed by atoms with Crippen LogP contribution in [0.2, 0.25) is 0 Å². The molecule has 2 rings (SSSR count). The van der Waals surface area contributed by atoms with Crippen LogP contribution in [-0.4, -0.2) is 4.98 Å². The van der Waals surface area contributed by atoms with Crippen molar-refractivity contribution in [3.63, 3.8) is 0 Å². The van der Waals surface area contributed by atoms with Gasteiger partial charge in [-0.3, -0.25) is 0 Å². The molecule has 4 heteroatoms. The van der Waals surface area contributed by atoms with Gasteiger partial charge >= 0.3 is 0 Å². The van der Waals surface area contributed by atoms with E-state index in [1.165, 1.54) is 16.0 Å². The average Bonchev–Trinajstić information content (AvgIpc) is 2.66. The number of anilines is 1. The molecule has 1 aromatic heterocycles. The SMILES string of the molecule is CCc1ccc(CCc2sc(N)nc2Br)cc1. The summed E-state index contributed by atoms with van der Waals surface area (Å²) in [6, 6.07) is 8.81. The topological polar surface area (TPSA) is 38.9 Å². The predicted molar refractivity (Wildman–Crippen MR) is 77.5 cm³/mol. The molecule has 0 fully saturated rings. The summed E-state index contributed by atoms with van der Waals surface area (Å²) in [5.74, 6) is 0. The molecule has 0 unspecified atom stereocenters. The molecule has 0 atom stereocenters. The summed E-state index contributed by atoms with van der Waals surface area (Å²) in [6.45, 7) is 2.17. The summed E-state index contributed by atoms with van der Waals surface area (Å²) in [4.78, 5) is 5.39. The second-order valence-electron chi connectivity index (χ2n) is 3.94. The van der Waals surface area contributed by atoms with Gasteiger partial charge in [-0.05, 0) is 46.3 Å². The fourth-order valence-corrected chi connectivity index (χ4v) is 3.18. The smallest absolute Gasteiger partial charge is 0.181 e. The molecule has 0 saturated carbocycles. The maximum Gasteiger partial charge on any atom is 0.181 e. The van der Waals surface area contributed by atoms with Crippen molar-refractivity contribution in [2.75, 3.05) is 5.73 Å². The minimum absolute atomic E-state index is 0.633. The zero-order chi connectivity index (χ0) is 12.3. The predicted octanol–water partition coefficient (Wildman–Crippen LogP) is 3.84. The Bertz CT molecular complexity index is 491. The molecule has 0 aliphatic heterocycles. The van der Waals surface area contributed by atoms with E-state index < -0.39 is 0 Å². The number of aromatic nitrogens is 1. The van der Waals surface area contributed by atoms with Gasteiger partial charge in [-0.2, -0.15) is 0 Å². The molecule has 0 aliphatic carbocycles. The third-order valence-corrected chi connectivity index (χ3v) is 4.60. The van der Waals surface area contributed by atoms with Crippen molar-refractivity contribution in [3.8, 4) is 0 Å². The number of nitrogen functional groups attached to an aromatic ring is 1. The summed E-state index contributed by atoms with van der Waals surface area (Å²) < 4.78 is 0.894. The molecule has 0 saturated heterocycles. The van der Waals surface area contributed by atoms with Crippen LogP contribution in [0, 0.1) is 0 Å². The van der Waals surface area contributed by atoms with Crippen molar-refractivity contribution in [2.45, 2.75) is 26.2 Å². The Labute approximate surface area is 114 Å². The number of benzene rings is 1. The molecule has 0 spiro atoms. The molecule has 1 aromatic carbocycles. The number of nitrogens with zero attached hydrogens (tertiary/aromatic N) is 1. The third-order valence-electron chi connectivity index (χ3n) is 2.74. The quantitative estimate of drug-likeness (QED) is 0.932. The minimum atomic E-state index is 0.633. The van der Waals surface area contributed by atoms with Gasteiger partial charge in [0.1, 0.15) is 4.60 Å². The van der Waals surface area contributed by atoms with Crippen molar-refractivity contribution in [1.82, 2.24) is 4.98 Å². The van der Waals surface area contributed by atoms with Crippen molar-refractivity contribution >= 4 is 32.4 Å². The van der Waals surface area contributed by atoms with E-state index in [9.17, 15) is 0 Å². The van der Waals surface area contributed by atoms with Crippen LogP contribution in [0.5, 0.6) is 0 Å². The van der Waals surface area contributed by atoms with E-state index in [1.807, 2.05) is 0 Å². The van der Waals surface area contributed by atoms with Gasteiger partial charge in [0.05, 0.1) is 0 Å². The fourth-order valence-electron chi connectivity index (χ4n) is 1.70. The maximum atomic E-state index is 5.66. The van der Waals surface area contributed by atoms with Gasteiger partial charge in [-0.15, -0.1) is 11.3 Å². The highest BCUT2D eigenvalue weighted by Gasteiger charge is 2.06. The standard InChI is InChI=1S/C13H15BrN2S/c1-2-9-3-5-10(6-4-9)7-8-11-12(14)16-13(15)17-11/h3-6H,2,7-8H2,1H3,(H2,15,16). The van der Waals surface area contributed by atoms with Gasteiger partial charge in [0, 0.05) is 4.88 Å². The number of halogens is 1. The largest absolute Gasteiger partial charge is 0.375 e. The molecular formula is C13H15BrN2S. The van der Waals surface area contributed by atoms with Crippen LogP contribution >= 0.6 is 27.3 Å². The lowest BCUT2D eigenvalue weighted by Crippen LogP contribution is -1.90. The Morgan fingerprint density at radius 1 is 1.18 bits per heavy atom. The summed E-state index contributed by atoms with van der Waals surface area (Å²) >= 11 is 4.99. The van der Waals surface area contributed by atoms with Crippen molar-refractivity contribution in [3.05, 3.63) is 44.9 Å². The highest BCUT2D eigenvalue weighted by atomic mass is 79.9. The number of rotatable bonds is 4. The summed E-state index contributed by atoms with van der Waals surface area (Å²) in [5, 5.41) is 0.633. The van der Waals surface area contributed by atoms with Crippen molar-refractivity contribution < 1.29 is 0 Å². The first-order valence-electron chi connectivity index (χ1n) is 5.67. The van der Waals surface area contributed by atoms with E-state index in [-0.39, 0.29) is 0 Å². The van der Waals surface area contributed by atoms with Crippen molar-refractivity contribution in [1.29, 1.82) is 0 Å². The zero-order valence-electron chi connectivity index (χ0n) is 9.74. The Balaban J connectivity index is 1.99. The van der Waals surface area contributed by atoms with Crippen LogP contribution in [0.4, 0.5) is 5.13 Å². The van der Waals surface area contributed by atoms with Gasteiger partial charge in [-0.1, -0.05) is 31.2 Å². The molecule has 1 heterocycles. The van der Waals surface area contributed by atoms with E-state index in [1.54, 1.807) is 11.3 Å². The first-order chi connectivity index (χ1) is 8.19. The van der Waals surface area contributed by atoms with E-state index in [0.29, 0.717) is 5.13 Å². The van der Waals surface area contributed by atoms with Crippen molar-refractivity contribution in [2.24, 2.45) is 0 Å². The minimum Gasteiger partial charge on any atom is -0.375 e. The van der Waals surface area contributed by atoms with Gasteiger partial charge in [0.15, 0.2) is 5.13 Å². The third kappa shape index (κ3) is 3.30. The highest BCUT2D eigenvalue weighted by molar-refractivity contribution is 9.10. The molecule has 0 bridgehead atoms. The lowest BCUT2D eigenvalue weighted by atomic mass is 10.1. The molecule has 0 radical (unpaired) electrons.